The van der Waals surface area contributed by atoms with E-state index in [-0.39, 0.29) is 12.0 Å². The van der Waals surface area contributed by atoms with Crippen LogP contribution in [0.25, 0.3) is 0 Å². The summed E-state index contributed by atoms with van der Waals surface area (Å²) in [7, 11) is 0. The Morgan fingerprint density at radius 2 is 2.15 bits per heavy atom. The van der Waals surface area contributed by atoms with Crippen molar-refractivity contribution in [3.63, 3.8) is 0 Å². The Bertz CT molecular complexity index is 774. The lowest BCUT2D eigenvalue weighted by molar-refractivity contribution is -0.0245. The SMILES string of the molecule is CCc1ncc(C(=O)N2CCOC(c3ccnc(N4CCCC4)n3)C2)s1. The molecule has 1 unspecified atom stereocenters. The Morgan fingerprint density at radius 1 is 1.31 bits per heavy atom. The molecule has 4 rings (SSSR count). The maximum atomic E-state index is 12.8. The van der Waals surface area contributed by atoms with Crippen molar-refractivity contribution < 1.29 is 9.53 Å². The molecule has 0 aliphatic carbocycles. The van der Waals surface area contributed by atoms with E-state index in [1.165, 1.54) is 24.2 Å². The molecule has 0 N–H and O–H groups in total. The molecule has 0 spiro atoms. The third-order valence-electron chi connectivity index (χ3n) is 4.80. The van der Waals surface area contributed by atoms with Crippen LogP contribution in [0, 0.1) is 0 Å². The molecular weight excluding hydrogens is 350 g/mol. The zero-order valence-corrected chi connectivity index (χ0v) is 15.7. The molecule has 26 heavy (non-hydrogen) atoms. The second-order valence-electron chi connectivity index (χ2n) is 6.56. The van der Waals surface area contributed by atoms with Crippen LogP contribution in [0.4, 0.5) is 5.95 Å². The van der Waals surface area contributed by atoms with Crippen LogP contribution in [-0.4, -0.2) is 58.5 Å². The number of hydrogen-bond acceptors (Lipinski definition) is 7. The van der Waals surface area contributed by atoms with Crippen molar-refractivity contribution in [2.75, 3.05) is 37.7 Å². The number of amides is 1. The van der Waals surface area contributed by atoms with Gasteiger partial charge in [-0.2, -0.15) is 0 Å². The molecule has 138 valence electrons. The second kappa shape index (κ2) is 7.67. The van der Waals surface area contributed by atoms with E-state index in [1.807, 2.05) is 17.9 Å². The number of aromatic nitrogens is 3. The monoisotopic (exact) mass is 373 g/mol. The highest BCUT2D eigenvalue weighted by Gasteiger charge is 2.28. The fourth-order valence-electron chi connectivity index (χ4n) is 3.35. The van der Waals surface area contributed by atoms with Gasteiger partial charge in [0.05, 0.1) is 30.1 Å². The van der Waals surface area contributed by atoms with Crippen LogP contribution >= 0.6 is 11.3 Å². The van der Waals surface area contributed by atoms with Crippen molar-refractivity contribution in [1.29, 1.82) is 0 Å². The number of thiazole rings is 1. The van der Waals surface area contributed by atoms with Crippen LogP contribution in [0.5, 0.6) is 0 Å². The zero-order valence-electron chi connectivity index (χ0n) is 14.9. The summed E-state index contributed by atoms with van der Waals surface area (Å²) in [6.45, 7) is 5.67. The summed E-state index contributed by atoms with van der Waals surface area (Å²) < 4.78 is 5.91. The maximum absolute atomic E-state index is 12.8. The third-order valence-corrected chi connectivity index (χ3v) is 5.93. The Morgan fingerprint density at radius 3 is 2.92 bits per heavy atom. The number of hydrogen-bond donors (Lipinski definition) is 0. The molecule has 1 amide bonds. The summed E-state index contributed by atoms with van der Waals surface area (Å²) in [5.41, 5.74) is 0.845. The van der Waals surface area contributed by atoms with E-state index in [2.05, 4.69) is 14.9 Å². The summed E-state index contributed by atoms with van der Waals surface area (Å²) >= 11 is 1.48. The summed E-state index contributed by atoms with van der Waals surface area (Å²) in [6, 6.07) is 1.89. The van der Waals surface area contributed by atoms with E-state index in [0.717, 1.165) is 36.2 Å². The summed E-state index contributed by atoms with van der Waals surface area (Å²) in [5.74, 6) is 0.798. The average molecular weight is 373 g/mol. The molecule has 2 aromatic rings. The van der Waals surface area contributed by atoms with E-state index in [9.17, 15) is 4.79 Å². The first kappa shape index (κ1) is 17.4. The average Bonchev–Trinajstić information content (AvgIpc) is 3.39. The molecule has 0 aromatic carbocycles. The first-order valence-corrected chi connectivity index (χ1v) is 9.99. The van der Waals surface area contributed by atoms with Gasteiger partial charge >= 0.3 is 0 Å². The molecule has 7 nitrogen and oxygen atoms in total. The Labute approximate surface area is 157 Å². The Hall–Kier alpha value is -2.06. The minimum absolute atomic E-state index is 0.0318. The second-order valence-corrected chi connectivity index (χ2v) is 7.67. The zero-order chi connectivity index (χ0) is 17.9. The van der Waals surface area contributed by atoms with E-state index in [0.29, 0.717) is 24.6 Å². The molecule has 8 heteroatoms. The highest BCUT2D eigenvalue weighted by molar-refractivity contribution is 7.13. The van der Waals surface area contributed by atoms with E-state index >= 15 is 0 Å². The molecule has 0 saturated carbocycles. The first-order valence-electron chi connectivity index (χ1n) is 9.18. The fourth-order valence-corrected chi connectivity index (χ4v) is 4.18. The largest absolute Gasteiger partial charge is 0.368 e. The van der Waals surface area contributed by atoms with Gasteiger partial charge in [-0.3, -0.25) is 4.79 Å². The topological polar surface area (TPSA) is 71.5 Å². The van der Waals surface area contributed by atoms with Crippen molar-refractivity contribution in [2.45, 2.75) is 32.3 Å². The lowest BCUT2D eigenvalue weighted by Crippen LogP contribution is -2.42. The van der Waals surface area contributed by atoms with Crippen molar-refractivity contribution >= 4 is 23.2 Å². The number of ether oxygens (including phenoxy) is 1. The minimum Gasteiger partial charge on any atom is -0.368 e. The third kappa shape index (κ3) is 3.57. The minimum atomic E-state index is -0.212. The van der Waals surface area contributed by atoms with Gasteiger partial charge < -0.3 is 14.5 Å². The van der Waals surface area contributed by atoms with Crippen LogP contribution in [0.2, 0.25) is 0 Å². The fraction of sp³-hybridized carbons (Fsp3) is 0.556. The number of carbonyl (C=O) groups is 1. The number of carbonyl (C=O) groups excluding carboxylic acids is 1. The normalized spacial score (nSPS) is 20.6. The van der Waals surface area contributed by atoms with Crippen LogP contribution < -0.4 is 4.90 Å². The van der Waals surface area contributed by atoms with Gasteiger partial charge in [0.25, 0.3) is 5.91 Å². The van der Waals surface area contributed by atoms with Crippen LogP contribution in [-0.2, 0) is 11.2 Å². The molecule has 4 heterocycles. The Kier molecular flexibility index (Phi) is 5.12. The van der Waals surface area contributed by atoms with Gasteiger partial charge in [0.2, 0.25) is 5.95 Å². The summed E-state index contributed by atoms with van der Waals surface area (Å²) in [5, 5.41) is 0.990. The van der Waals surface area contributed by atoms with E-state index in [4.69, 9.17) is 9.72 Å². The van der Waals surface area contributed by atoms with E-state index < -0.39 is 0 Å². The summed E-state index contributed by atoms with van der Waals surface area (Å²) in [4.78, 5) is 30.9. The van der Waals surface area contributed by atoms with Crippen molar-refractivity contribution in [3.8, 4) is 0 Å². The highest BCUT2D eigenvalue weighted by atomic mass is 32.1. The van der Waals surface area contributed by atoms with Crippen molar-refractivity contribution in [3.05, 3.63) is 34.0 Å². The Balaban J connectivity index is 1.48. The molecule has 2 aliphatic heterocycles. The smallest absolute Gasteiger partial charge is 0.265 e. The maximum Gasteiger partial charge on any atom is 0.265 e. The predicted molar refractivity (Wildman–Crippen MR) is 99.6 cm³/mol. The van der Waals surface area contributed by atoms with Crippen LogP contribution in [0.3, 0.4) is 0 Å². The van der Waals surface area contributed by atoms with Gasteiger partial charge in [-0.15, -0.1) is 11.3 Å². The van der Waals surface area contributed by atoms with Gasteiger partial charge in [-0.1, -0.05) is 6.92 Å². The standard InChI is InChI=1S/C18H23N5O2S/c1-2-16-20-11-15(26-16)17(24)23-9-10-25-14(12-23)13-5-6-19-18(21-13)22-7-3-4-8-22/h5-6,11,14H,2-4,7-10,12H2,1H3. The lowest BCUT2D eigenvalue weighted by Gasteiger charge is -2.32. The van der Waals surface area contributed by atoms with Crippen LogP contribution in [0.15, 0.2) is 18.5 Å². The van der Waals surface area contributed by atoms with Gasteiger partial charge in [-0.25, -0.2) is 15.0 Å². The van der Waals surface area contributed by atoms with Crippen LogP contribution in [0.1, 0.15) is 46.2 Å². The number of nitrogens with zero attached hydrogens (tertiary/aromatic N) is 5. The van der Waals surface area contributed by atoms with Gasteiger partial charge in [0.15, 0.2) is 0 Å². The predicted octanol–water partition coefficient (Wildman–Crippen LogP) is 2.31. The number of anilines is 1. The number of aryl methyl sites for hydroxylation is 1. The molecule has 0 radical (unpaired) electrons. The quantitative estimate of drug-likeness (QED) is 0.819. The lowest BCUT2D eigenvalue weighted by atomic mass is 10.2. The molecule has 1 atom stereocenters. The molecule has 0 bridgehead atoms. The molecule has 2 aromatic heterocycles. The first-order chi connectivity index (χ1) is 12.7. The molecular formula is C18H23N5O2S. The molecule has 2 saturated heterocycles. The molecule has 2 fully saturated rings. The summed E-state index contributed by atoms with van der Waals surface area (Å²) in [6.07, 6.45) is 6.48. The van der Waals surface area contributed by atoms with Gasteiger partial charge in [-0.05, 0) is 25.3 Å². The van der Waals surface area contributed by atoms with Gasteiger partial charge in [0.1, 0.15) is 11.0 Å². The molecule has 2 aliphatic rings. The number of rotatable bonds is 4. The number of morpholine rings is 1. The van der Waals surface area contributed by atoms with Gasteiger partial charge in [0, 0.05) is 25.8 Å². The highest BCUT2D eigenvalue weighted by Crippen LogP contribution is 2.25. The van der Waals surface area contributed by atoms with Crippen molar-refractivity contribution in [1.82, 2.24) is 19.9 Å². The van der Waals surface area contributed by atoms with E-state index in [1.54, 1.807) is 12.4 Å². The van der Waals surface area contributed by atoms with Crippen molar-refractivity contribution in [2.24, 2.45) is 0 Å².